The SMILES string of the molecule is CCC[CH2][Rh]([PH2])([CH2]CCC)[CH2]CCC. The van der Waals surface area contributed by atoms with Gasteiger partial charge in [0, 0.05) is 0 Å². The molecule has 0 amide bonds. The fraction of sp³-hybridized carbons (Fsp3) is 1.00. The van der Waals surface area contributed by atoms with Crippen LogP contribution in [0, 0.1) is 0 Å². The third kappa shape index (κ3) is 7.36. The van der Waals surface area contributed by atoms with Gasteiger partial charge in [0.1, 0.15) is 0 Å². The third-order valence-corrected chi connectivity index (χ3v) is 12.5. The quantitative estimate of drug-likeness (QED) is 0.385. The van der Waals surface area contributed by atoms with Gasteiger partial charge >= 0.3 is 96.2 Å². The van der Waals surface area contributed by atoms with Crippen LogP contribution in [0.1, 0.15) is 59.3 Å². The van der Waals surface area contributed by atoms with E-state index in [9.17, 15) is 0 Å². The molecule has 0 aromatic heterocycles. The van der Waals surface area contributed by atoms with E-state index in [0.717, 1.165) is 0 Å². The molecular weight excluding hydrogens is 278 g/mol. The minimum absolute atomic E-state index is 1.12. The van der Waals surface area contributed by atoms with Crippen LogP contribution in [0.3, 0.4) is 0 Å². The van der Waals surface area contributed by atoms with Gasteiger partial charge < -0.3 is 0 Å². The van der Waals surface area contributed by atoms with Crippen molar-refractivity contribution in [2.75, 3.05) is 0 Å². The van der Waals surface area contributed by atoms with Gasteiger partial charge in [0.25, 0.3) is 0 Å². The summed E-state index contributed by atoms with van der Waals surface area (Å²) in [6.45, 7) is 6.97. The van der Waals surface area contributed by atoms with Gasteiger partial charge in [0.05, 0.1) is 0 Å². The molecule has 0 radical (unpaired) electrons. The van der Waals surface area contributed by atoms with Crippen LogP contribution in [-0.2, 0) is 14.3 Å². The number of unbranched alkanes of at least 4 members (excludes halogenated alkanes) is 3. The third-order valence-electron chi connectivity index (χ3n) is 2.41. The van der Waals surface area contributed by atoms with Crippen LogP contribution in [0.5, 0.6) is 0 Å². The average molecular weight is 307 g/mol. The van der Waals surface area contributed by atoms with Crippen LogP contribution in [0.25, 0.3) is 0 Å². The van der Waals surface area contributed by atoms with Crippen molar-refractivity contribution in [1.82, 2.24) is 0 Å². The Morgan fingerprint density at radius 1 is 0.714 bits per heavy atom. The van der Waals surface area contributed by atoms with Crippen molar-refractivity contribution < 1.29 is 14.3 Å². The first kappa shape index (κ1) is 15.1. The van der Waals surface area contributed by atoms with Crippen LogP contribution in [0.4, 0.5) is 0 Å². The maximum atomic E-state index is 3.33. The first-order chi connectivity index (χ1) is 6.68. The van der Waals surface area contributed by atoms with Gasteiger partial charge in [-0.2, -0.15) is 0 Å². The van der Waals surface area contributed by atoms with Gasteiger partial charge in [-0.3, -0.25) is 0 Å². The van der Waals surface area contributed by atoms with Gasteiger partial charge in [0.15, 0.2) is 0 Å². The Hall–Kier alpha value is 1.05. The van der Waals surface area contributed by atoms with Crippen molar-refractivity contribution in [2.24, 2.45) is 0 Å². The number of rotatable bonds is 9. The summed E-state index contributed by atoms with van der Waals surface area (Å²) in [6, 6.07) is 0. The van der Waals surface area contributed by atoms with E-state index in [1.165, 1.54) is 38.5 Å². The molecule has 1 unspecified atom stereocenters. The summed E-state index contributed by atoms with van der Waals surface area (Å²) in [4.78, 5) is 0. The van der Waals surface area contributed by atoms with Crippen LogP contribution in [0.15, 0.2) is 0 Å². The first-order valence-corrected chi connectivity index (χ1v) is 12.7. The van der Waals surface area contributed by atoms with Crippen molar-refractivity contribution in [3.05, 3.63) is 0 Å². The molecule has 0 aliphatic heterocycles. The van der Waals surface area contributed by atoms with E-state index in [4.69, 9.17) is 0 Å². The van der Waals surface area contributed by atoms with Gasteiger partial charge in [0.2, 0.25) is 0 Å². The zero-order valence-electron chi connectivity index (χ0n) is 10.3. The van der Waals surface area contributed by atoms with Crippen molar-refractivity contribution >= 4 is 7.57 Å². The second-order valence-corrected chi connectivity index (χ2v) is 15.7. The molecule has 0 nitrogen and oxygen atoms in total. The molecule has 91 valence electrons. The Balaban J connectivity index is 3.89. The molecule has 0 bridgehead atoms. The van der Waals surface area contributed by atoms with Crippen LogP contribution >= 0.6 is 7.57 Å². The standard InChI is InChI=1S/3C4H9.H2P.Rh/c3*1-3-4-2;;/h3*1,3-4H2,2H3;1H2;/q;;;-1;+1. The number of hydrogen-bond donors (Lipinski definition) is 0. The molecule has 0 saturated carbocycles. The molecule has 0 aliphatic rings. The fourth-order valence-electron chi connectivity index (χ4n) is 1.31. The molecule has 0 N–H and O–H groups in total. The average Bonchev–Trinajstić information content (AvgIpc) is 2.21. The normalized spacial score (nSPS) is 13.1. The van der Waals surface area contributed by atoms with Crippen LogP contribution in [0.2, 0.25) is 15.0 Å². The molecule has 0 heterocycles. The molecule has 0 aromatic rings. The van der Waals surface area contributed by atoms with E-state index in [1.807, 2.05) is 0 Å². The van der Waals surface area contributed by atoms with Crippen LogP contribution in [-0.4, -0.2) is 0 Å². The van der Waals surface area contributed by atoms with E-state index in [-0.39, 0.29) is 0 Å². The topological polar surface area (TPSA) is 0 Å². The molecule has 1 atom stereocenters. The summed E-state index contributed by atoms with van der Waals surface area (Å²) < 4.78 is 0. The van der Waals surface area contributed by atoms with Crippen molar-refractivity contribution in [3.63, 3.8) is 0 Å². The predicted octanol–water partition coefficient (Wildman–Crippen LogP) is 5.59. The van der Waals surface area contributed by atoms with Crippen molar-refractivity contribution in [1.29, 1.82) is 0 Å². The zero-order chi connectivity index (χ0) is 10.9. The summed E-state index contributed by atoms with van der Waals surface area (Å²) in [5.74, 6) is 0. The van der Waals surface area contributed by atoms with Gasteiger partial charge in [-0.25, -0.2) is 0 Å². The molecule has 2 heteroatoms. The Kier molecular flexibility index (Phi) is 9.99. The second-order valence-electron chi connectivity index (χ2n) is 3.97. The fourth-order valence-corrected chi connectivity index (χ4v) is 10.2. The Morgan fingerprint density at radius 2 is 1.00 bits per heavy atom. The van der Waals surface area contributed by atoms with Crippen LogP contribution < -0.4 is 0 Å². The Morgan fingerprint density at radius 3 is 1.21 bits per heavy atom. The first-order valence-electron chi connectivity index (χ1n) is 6.02. The maximum absolute atomic E-state index is 3.33. The van der Waals surface area contributed by atoms with Gasteiger partial charge in [-0.1, -0.05) is 0 Å². The summed E-state index contributed by atoms with van der Waals surface area (Å²) in [5, 5.41) is 4.71. The predicted molar refractivity (Wildman–Crippen MR) is 68.9 cm³/mol. The molecule has 0 spiro atoms. The van der Waals surface area contributed by atoms with E-state index in [0.29, 0.717) is 0 Å². The summed E-state index contributed by atoms with van der Waals surface area (Å²) in [6.07, 6.45) is 8.56. The molecular formula is C12H29PRh. The Bertz CT molecular complexity index is 104. The van der Waals surface area contributed by atoms with E-state index in [1.54, 1.807) is 15.0 Å². The molecule has 0 saturated heterocycles. The summed E-state index contributed by atoms with van der Waals surface area (Å²) >= 11 is -1.12. The molecule has 0 rings (SSSR count). The van der Waals surface area contributed by atoms with E-state index in [2.05, 4.69) is 28.3 Å². The molecule has 0 aromatic carbocycles. The van der Waals surface area contributed by atoms with Crippen molar-refractivity contribution in [3.8, 4) is 0 Å². The minimum atomic E-state index is -1.12. The van der Waals surface area contributed by atoms with Crippen molar-refractivity contribution in [2.45, 2.75) is 74.3 Å². The summed E-state index contributed by atoms with van der Waals surface area (Å²) in [5.41, 5.74) is 0. The van der Waals surface area contributed by atoms with E-state index >= 15 is 0 Å². The molecule has 0 fully saturated rings. The Labute approximate surface area is 96.2 Å². The molecule has 14 heavy (non-hydrogen) atoms. The van der Waals surface area contributed by atoms with Gasteiger partial charge in [-0.15, -0.1) is 0 Å². The molecule has 0 aliphatic carbocycles. The van der Waals surface area contributed by atoms with E-state index < -0.39 is 14.3 Å². The number of hydrogen-bond acceptors (Lipinski definition) is 0. The van der Waals surface area contributed by atoms with Gasteiger partial charge in [-0.05, 0) is 0 Å². The second kappa shape index (κ2) is 9.29. The monoisotopic (exact) mass is 307 g/mol. The summed E-state index contributed by atoms with van der Waals surface area (Å²) in [7, 11) is 3.33. The zero-order valence-corrected chi connectivity index (χ0v) is 13.1.